The van der Waals surface area contributed by atoms with Gasteiger partial charge in [-0.25, -0.2) is 0 Å². The van der Waals surface area contributed by atoms with Crippen LogP contribution in [-0.4, -0.2) is 16.9 Å². The van der Waals surface area contributed by atoms with E-state index in [1.807, 2.05) is 0 Å². The van der Waals surface area contributed by atoms with Gasteiger partial charge in [0.15, 0.2) is 0 Å². The molecule has 0 bridgehead atoms. The molecule has 0 aliphatic heterocycles. The lowest BCUT2D eigenvalue weighted by Gasteiger charge is -2.10. The Hall–Kier alpha value is -3.03. The van der Waals surface area contributed by atoms with Crippen LogP contribution in [0.5, 0.6) is 5.75 Å². The zero-order valence-corrected chi connectivity index (χ0v) is 11.5. The van der Waals surface area contributed by atoms with Crippen LogP contribution >= 0.6 is 0 Å². The molecule has 0 radical (unpaired) electrons. The monoisotopic (exact) mass is 324 g/mol. The Bertz CT molecular complexity index is 727. The highest BCUT2D eigenvalue weighted by molar-refractivity contribution is 6.00. The molecule has 0 saturated heterocycles. The van der Waals surface area contributed by atoms with Gasteiger partial charge in [0.2, 0.25) is 0 Å². The number of para-hydroxylation sites is 1. The fraction of sp³-hybridized carbons (Fsp3) is 0.0667. The number of carbonyl (C=O) groups is 2. The molecule has 23 heavy (non-hydrogen) atoms. The molecule has 0 aliphatic rings. The third-order valence-electron chi connectivity index (χ3n) is 2.91. The maximum absolute atomic E-state index is 12.4. The van der Waals surface area contributed by atoms with Crippen LogP contribution in [0.2, 0.25) is 0 Å². The third-order valence-corrected chi connectivity index (χ3v) is 2.91. The highest BCUT2D eigenvalue weighted by atomic mass is 19.4. The van der Waals surface area contributed by atoms with Gasteiger partial charge in [0, 0.05) is 5.56 Å². The van der Waals surface area contributed by atoms with E-state index in [4.69, 9.17) is 0 Å². The zero-order valence-electron chi connectivity index (χ0n) is 11.5. The quantitative estimate of drug-likeness (QED) is 0.743. The van der Waals surface area contributed by atoms with E-state index >= 15 is 0 Å². The van der Waals surface area contributed by atoms with Gasteiger partial charge in [-0.3, -0.25) is 20.4 Å². The van der Waals surface area contributed by atoms with Crippen molar-refractivity contribution >= 4 is 11.8 Å². The van der Waals surface area contributed by atoms with Crippen LogP contribution in [0.4, 0.5) is 13.2 Å². The molecule has 2 rings (SSSR count). The van der Waals surface area contributed by atoms with Crippen LogP contribution in [0.15, 0.2) is 48.5 Å². The van der Waals surface area contributed by atoms with Gasteiger partial charge < -0.3 is 5.11 Å². The summed E-state index contributed by atoms with van der Waals surface area (Å²) in [5.41, 5.74) is 3.12. The van der Waals surface area contributed by atoms with Gasteiger partial charge in [-0.05, 0) is 36.4 Å². The van der Waals surface area contributed by atoms with E-state index in [2.05, 4.69) is 10.9 Å². The Kier molecular flexibility index (Phi) is 4.54. The van der Waals surface area contributed by atoms with Crippen LogP contribution in [-0.2, 0) is 6.18 Å². The summed E-state index contributed by atoms with van der Waals surface area (Å²) in [4.78, 5) is 23.5. The number of benzene rings is 2. The summed E-state index contributed by atoms with van der Waals surface area (Å²) < 4.78 is 37.3. The molecule has 8 heteroatoms. The molecule has 120 valence electrons. The van der Waals surface area contributed by atoms with Crippen molar-refractivity contribution in [3.63, 3.8) is 0 Å². The number of amides is 2. The zero-order chi connectivity index (χ0) is 17.0. The molecule has 3 N–H and O–H groups in total. The summed E-state index contributed by atoms with van der Waals surface area (Å²) in [6, 6.07) is 9.19. The molecule has 0 fully saturated rings. The minimum absolute atomic E-state index is 0.0554. The van der Waals surface area contributed by atoms with Crippen molar-refractivity contribution in [3.8, 4) is 5.75 Å². The van der Waals surface area contributed by atoms with Gasteiger partial charge >= 0.3 is 6.18 Å². The first-order valence-electron chi connectivity index (χ1n) is 6.35. The lowest BCUT2D eigenvalue weighted by molar-refractivity contribution is -0.137. The minimum Gasteiger partial charge on any atom is -0.507 e. The third kappa shape index (κ3) is 4.00. The van der Waals surface area contributed by atoms with Gasteiger partial charge in [-0.15, -0.1) is 0 Å². The number of alkyl halides is 3. The number of halogens is 3. The maximum Gasteiger partial charge on any atom is 0.416 e. The fourth-order valence-electron chi connectivity index (χ4n) is 1.73. The van der Waals surface area contributed by atoms with Crippen LogP contribution in [0.25, 0.3) is 0 Å². The summed E-state index contributed by atoms with van der Waals surface area (Å²) in [5, 5.41) is 9.49. The number of phenols is 1. The molecule has 0 spiro atoms. The van der Waals surface area contributed by atoms with E-state index in [-0.39, 0.29) is 16.9 Å². The van der Waals surface area contributed by atoms with Crippen molar-refractivity contribution < 1.29 is 27.9 Å². The smallest absolute Gasteiger partial charge is 0.416 e. The highest BCUT2D eigenvalue weighted by Crippen LogP contribution is 2.29. The Labute approximate surface area is 128 Å². The van der Waals surface area contributed by atoms with Crippen molar-refractivity contribution in [2.75, 3.05) is 0 Å². The number of phenolic OH excluding ortho intramolecular Hbond substituents is 1. The average Bonchev–Trinajstić information content (AvgIpc) is 2.52. The van der Waals surface area contributed by atoms with E-state index < -0.39 is 23.6 Å². The number of hydrogen-bond donors (Lipinski definition) is 3. The van der Waals surface area contributed by atoms with Crippen LogP contribution < -0.4 is 10.9 Å². The largest absolute Gasteiger partial charge is 0.507 e. The maximum atomic E-state index is 12.4. The molecule has 2 aromatic rings. The number of rotatable bonds is 2. The molecule has 0 saturated carbocycles. The lowest BCUT2D eigenvalue weighted by atomic mass is 10.1. The molecule has 0 atom stereocenters. The second-order valence-electron chi connectivity index (χ2n) is 4.50. The van der Waals surface area contributed by atoms with Gasteiger partial charge in [-0.1, -0.05) is 12.1 Å². The van der Waals surface area contributed by atoms with Crippen molar-refractivity contribution in [2.45, 2.75) is 6.18 Å². The Morgan fingerprint density at radius 3 is 2.00 bits per heavy atom. The average molecular weight is 324 g/mol. The van der Waals surface area contributed by atoms with Gasteiger partial charge in [-0.2, -0.15) is 13.2 Å². The summed E-state index contributed by atoms with van der Waals surface area (Å²) in [6.07, 6.45) is -4.49. The molecule has 0 heterocycles. The molecule has 5 nitrogen and oxygen atoms in total. The first kappa shape index (κ1) is 16.3. The Morgan fingerprint density at radius 2 is 1.43 bits per heavy atom. The number of aromatic hydroxyl groups is 1. The second-order valence-corrected chi connectivity index (χ2v) is 4.50. The lowest BCUT2D eigenvalue weighted by Crippen LogP contribution is -2.41. The van der Waals surface area contributed by atoms with E-state index in [9.17, 15) is 27.9 Å². The van der Waals surface area contributed by atoms with E-state index in [1.54, 1.807) is 0 Å². The summed E-state index contributed by atoms with van der Waals surface area (Å²) in [7, 11) is 0. The minimum atomic E-state index is -4.49. The normalized spacial score (nSPS) is 10.9. The van der Waals surface area contributed by atoms with E-state index in [0.717, 1.165) is 24.3 Å². The standard InChI is InChI=1S/C15H11F3N2O3/c16-15(17,18)10-7-5-9(6-8-10)13(22)19-20-14(23)11-3-1-2-4-12(11)21/h1-8,21H,(H,19,22)(H,20,23). The molecule has 0 unspecified atom stereocenters. The number of hydrazine groups is 1. The van der Waals surface area contributed by atoms with Crippen molar-refractivity contribution in [1.82, 2.24) is 10.9 Å². The molecule has 2 aromatic carbocycles. The first-order chi connectivity index (χ1) is 10.8. The van der Waals surface area contributed by atoms with Crippen LogP contribution in [0.3, 0.4) is 0 Å². The van der Waals surface area contributed by atoms with Crippen molar-refractivity contribution in [2.24, 2.45) is 0 Å². The summed E-state index contributed by atoms with van der Waals surface area (Å²) >= 11 is 0. The summed E-state index contributed by atoms with van der Waals surface area (Å²) in [5.74, 6) is -1.82. The first-order valence-corrected chi connectivity index (χ1v) is 6.35. The highest BCUT2D eigenvalue weighted by Gasteiger charge is 2.30. The topological polar surface area (TPSA) is 78.4 Å². The molecule has 2 amide bonds. The SMILES string of the molecule is O=C(NNC(=O)c1ccccc1O)c1ccc(C(F)(F)F)cc1. The van der Waals surface area contributed by atoms with Gasteiger partial charge in [0.1, 0.15) is 5.75 Å². The predicted molar refractivity (Wildman–Crippen MR) is 74.5 cm³/mol. The molecular weight excluding hydrogens is 313 g/mol. The summed E-state index contributed by atoms with van der Waals surface area (Å²) in [6.45, 7) is 0. The number of carbonyl (C=O) groups excluding carboxylic acids is 2. The van der Waals surface area contributed by atoms with Gasteiger partial charge in [0.05, 0.1) is 11.1 Å². The molecule has 0 aliphatic carbocycles. The van der Waals surface area contributed by atoms with Gasteiger partial charge in [0.25, 0.3) is 11.8 Å². The fourth-order valence-corrected chi connectivity index (χ4v) is 1.73. The Morgan fingerprint density at radius 1 is 0.870 bits per heavy atom. The van der Waals surface area contributed by atoms with E-state index in [1.165, 1.54) is 24.3 Å². The van der Waals surface area contributed by atoms with Crippen LogP contribution in [0, 0.1) is 0 Å². The number of hydrogen-bond acceptors (Lipinski definition) is 3. The molecule has 0 aromatic heterocycles. The number of nitrogens with one attached hydrogen (secondary N) is 2. The van der Waals surface area contributed by atoms with Crippen LogP contribution in [0.1, 0.15) is 26.3 Å². The van der Waals surface area contributed by atoms with Crippen molar-refractivity contribution in [3.05, 3.63) is 65.2 Å². The van der Waals surface area contributed by atoms with E-state index in [0.29, 0.717) is 0 Å². The predicted octanol–water partition coefficient (Wildman–Crippen LogP) is 2.49. The van der Waals surface area contributed by atoms with Crippen molar-refractivity contribution in [1.29, 1.82) is 0 Å². The molecular formula is C15H11F3N2O3. The second kappa shape index (κ2) is 6.39. The Balaban J connectivity index is 2.00.